The van der Waals surface area contributed by atoms with Gasteiger partial charge < -0.3 is 15.2 Å². The summed E-state index contributed by atoms with van der Waals surface area (Å²) in [5.41, 5.74) is 0. The first kappa shape index (κ1) is 13.3. The molecule has 2 aliphatic rings. The van der Waals surface area contributed by atoms with Gasteiger partial charge in [-0.05, 0) is 37.5 Å². The first-order valence-corrected chi connectivity index (χ1v) is 7.29. The van der Waals surface area contributed by atoms with Gasteiger partial charge in [0.15, 0.2) is 0 Å². The maximum Gasteiger partial charge on any atom is 0.0510 e. The van der Waals surface area contributed by atoms with Crippen molar-refractivity contribution in [1.82, 2.24) is 5.32 Å². The van der Waals surface area contributed by atoms with Crippen LogP contribution < -0.4 is 5.32 Å². The molecule has 1 aliphatic heterocycles. The van der Waals surface area contributed by atoms with Crippen LogP contribution in [0.1, 0.15) is 45.4 Å². The van der Waals surface area contributed by atoms with Crippen LogP contribution in [0.2, 0.25) is 0 Å². The highest BCUT2D eigenvalue weighted by molar-refractivity contribution is 4.87. The van der Waals surface area contributed by atoms with Crippen molar-refractivity contribution >= 4 is 0 Å². The summed E-state index contributed by atoms with van der Waals surface area (Å²) in [5, 5.41) is 13.3. The van der Waals surface area contributed by atoms with Crippen molar-refractivity contribution in [2.75, 3.05) is 19.8 Å². The third kappa shape index (κ3) is 3.43. The van der Waals surface area contributed by atoms with E-state index in [1.807, 2.05) is 0 Å². The van der Waals surface area contributed by atoms with E-state index in [-0.39, 0.29) is 0 Å². The summed E-state index contributed by atoms with van der Waals surface area (Å²) in [5.74, 6) is 1.15. The Morgan fingerprint density at radius 3 is 2.76 bits per heavy atom. The Balaban J connectivity index is 1.87. The van der Waals surface area contributed by atoms with Crippen LogP contribution in [-0.2, 0) is 4.74 Å². The van der Waals surface area contributed by atoms with E-state index in [4.69, 9.17) is 4.74 Å². The van der Waals surface area contributed by atoms with Crippen molar-refractivity contribution in [1.29, 1.82) is 0 Å². The van der Waals surface area contributed by atoms with Crippen molar-refractivity contribution < 1.29 is 9.84 Å². The Morgan fingerprint density at radius 2 is 2.12 bits per heavy atom. The predicted octanol–water partition coefficient (Wildman–Crippen LogP) is 1.94. The quantitative estimate of drug-likeness (QED) is 0.773. The monoisotopic (exact) mass is 241 g/mol. The number of aliphatic hydroxyl groups is 1. The van der Waals surface area contributed by atoms with E-state index in [2.05, 4.69) is 12.2 Å². The molecule has 0 bridgehead atoms. The highest BCUT2D eigenvalue weighted by atomic mass is 16.5. The first-order chi connectivity index (χ1) is 8.35. The molecule has 2 N–H and O–H groups in total. The van der Waals surface area contributed by atoms with Gasteiger partial charge in [-0.1, -0.05) is 19.8 Å². The number of hydrogen-bond donors (Lipinski definition) is 2. The summed E-state index contributed by atoms with van der Waals surface area (Å²) in [4.78, 5) is 0. The van der Waals surface area contributed by atoms with Gasteiger partial charge in [-0.15, -0.1) is 0 Å². The third-order valence-electron chi connectivity index (χ3n) is 4.55. The lowest BCUT2D eigenvalue weighted by Gasteiger charge is -2.35. The molecule has 1 heterocycles. The van der Waals surface area contributed by atoms with Gasteiger partial charge in [-0.25, -0.2) is 0 Å². The van der Waals surface area contributed by atoms with Crippen LogP contribution in [0.5, 0.6) is 0 Å². The second-order valence-corrected chi connectivity index (χ2v) is 5.64. The summed E-state index contributed by atoms with van der Waals surface area (Å²) in [6, 6.07) is 1.11. The zero-order valence-electron chi connectivity index (χ0n) is 11.0. The normalized spacial score (nSPS) is 36.0. The summed E-state index contributed by atoms with van der Waals surface area (Å²) < 4.78 is 5.49. The van der Waals surface area contributed by atoms with Gasteiger partial charge in [0.25, 0.3) is 0 Å². The van der Waals surface area contributed by atoms with Crippen molar-refractivity contribution in [3.63, 3.8) is 0 Å². The molecule has 0 amide bonds. The van der Waals surface area contributed by atoms with Crippen LogP contribution in [0.3, 0.4) is 0 Å². The number of hydrogen-bond acceptors (Lipinski definition) is 3. The molecule has 2 rings (SSSR count). The SMILES string of the molecule is CCC(NC1CCCCC1CO)C1CCOC1. The van der Waals surface area contributed by atoms with E-state index >= 15 is 0 Å². The predicted molar refractivity (Wildman–Crippen MR) is 69.0 cm³/mol. The van der Waals surface area contributed by atoms with E-state index in [0.29, 0.717) is 30.5 Å². The minimum Gasteiger partial charge on any atom is -0.396 e. The third-order valence-corrected chi connectivity index (χ3v) is 4.55. The Bertz CT molecular complexity index is 214. The molecule has 1 saturated heterocycles. The molecule has 1 aliphatic carbocycles. The molecule has 2 fully saturated rings. The maximum atomic E-state index is 9.45. The smallest absolute Gasteiger partial charge is 0.0510 e. The standard InChI is InChI=1S/C14H27NO2/c1-2-13(12-7-8-17-10-12)15-14-6-4-3-5-11(14)9-16/h11-16H,2-10H2,1H3. The van der Waals surface area contributed by atoms with E-state index in [9.17, 15) is 5.11 Å². The van der Waals surface area contributed by atoms with Crippen LogP contribution in [0.25, 0.3) is 0 Å². The second kappa shape index (κ2) is 6.72. The molecule has 1 saturated carbocycles. The lowest BCUT2D eigenvalue weighted by Crippen LogP contribution is -2.48. The van der Waals surface area contributed by atoms with Gasteiger partial charge in [0.05, 0.1) is 6.61 Å². The Kier molecular flexibility index (Phi) is 5.26. The minimum atomic E-state index is 0.343. The fourth-order valence-electron chi connectivity index (χ4n) is 3.38. The molecular weight excluding hydrogens is 214 g/mol. The number of aliphatic hydroxyl groups excluding tert-OH is 1. The molecule has 3 heteroatoms. The Morgan fingerprint density at radius 1 is 1.29 bits per heavy atom. The van der Waals surface area contributed by atoms with Crippen LogP contribution in [0.4, 0.5) is 0 Å². The number of ether oxygens (including phenoxy) is 1. The Labute approximate surface area is 105 Å². The lowest BCUT2D eigenvalue weighted by molar-refractivity contribution is 0.130. The highest BCUT2D eigenvalue weighted by Crippen LogP contribution is 2.27. The van der Waals surface area contributed by atoms with Gasteiger partial charge in [0.2, 0.25) is 0 Å². The van der Waals surface area contributed by atoms with Crippen LogP contribution in [0.15, 0.2) is 0 Å². The van der Waals surface area contributed by atoms with E-state index < -0.39 is 0 Å². The lowest BCUT2D eigenvalue weighted by atomic mass is 9.83. The molecule has 0 spiro atoms. The van der Waals surface area contributed by atoms with Crippen molar-refractivity contribution in [2.45, 2.75) is 57.5 Å². The van der Waals surface area contributed by atoms with Crippen LogP contribution in [0, 0.1) is 11.8 Å². The van der Waals surface area contributed by atoms with Crippen LogP contribution >= 0.6 is 0 Å². The maximum absolute atomic E-state index is 9.45. The first-order valence-electron chi connectivity index (χ1n) is 7.29. The zero-order chi connectivity index (χ0) is 12.1. The minimum absolute atomic E-state index is 0.343. The van der Waals surface area contributed by atoms with E-state index in [1.165, 1.54) is 38.5 Å². The van der Waals surface area contributed by atoms with Gasteiger partial charge in [-0.2, -0.15) is 0 Å². The topological polar surface area (TPSA) is 41.5 Å². The van der Waals surface area contributed by atoms with E-state index in [1.54, 1.807) is 0 Å². The fourth-order valence-corrected chi connectivity index (χ4v) is 3.38. The average Bonchev–Trinajstić information content (AvgIpc) is 2.90. The van der Waals surface area contributed by atoms with Gasteiger partial charge in [0, 0.05) is 25.3 Å². The van der Waals surface area contributed by atoms with Gasteiger partial charge in [-0.3, -0.25) is 0 Å². The fraction of sp³-hybridized carbons (Fsp3) is 1.00. The van der Waals surface area contributed by atoms with E-state index in [0.717, 1.165) is 13.2 Å². The zero-order valence-corrected chi connectivity index (χ0v) is 11.0. The largest absolute Gasteiger partial charge is 0.396 e. The van der Waals surface area contributed by atoms with Crippen LogP contribution in [-0.4, -0.2) is 37.0 Å². The van der Waals surface area contributed by atoms with Gasteiger partial charge >= 0.3 is 0 Å². The summed E-state index contributed by atoms with van der Waals surface area (Å²) in [7, 11) is 0. The summed E-state index contributed by atoms with van der Waals surface area (Å²) >= 11 is 0. The summed E-state index contributed by atoms with van der Waals surface area (Å²) in [6.07, 6.45) is 7.38. The molecule has 3 nitrogen and oxygen atoms in total. The second-order valence-electron chi connectivity index (χ2n) is 5.64. The van der Waals surface area contributed by atoms with Crippen molar-refractivity contribution in [2.24, 2.45) is 11.8 Å². The van der Waals surface area contributed by atoms with Crippen molar-refractivity contribution in [3.8, 4) is 0 Å². The molecule has 0 radical (unpaired) electrons. The van der Waals surface area contributed by atoms with Gasteiger partial charge in [0.1, 0.15) is 0 Å². The highest BCUT2D eigenvalue weighted by Gasteiger charge is 2.30. The number of rotatable bonds is 5. The number of nitrogens with one attached hydrogen (secondary N) is 1. The molecule has 0 aromatic rings. The average molecular weight is 241 g/mol. The molecule has 4 atom stereocenters. The summed E-state index contributed by atoms with van der Waals surface area (Å²) in [6.45, 7) is 4.45. The molecule has 4 unspecified atom stereocenters. The Hall–Kier alpha value is -0.120. The molecular formula is C14H27NO2. The molecule has 0 aromatic heterocycles. The molecule has 100 valence electrons. The molecule has 0 aromatic carbocycles. The van der Waals surface area contributed by atoms with Crippen molar-refractivity contribution in [3.05, 3.63) is 0 Å². The molecule has 17 heavy (non-hydrogen) atoms.